The van der Waals surface area contributed by atoms with Crippen LogP contribution >= 0.6 is 0 Å². The molecule has 7 heteroatoms. The zero-order chi connectivity index (χ0) is 19.3. The molecule has 0 aromatic heterocycles. The number of hydrogen-bond donors (Lipinski definition) is 1. The molecular formula is C21H27N3O4. The maximum atomic E-state index is 13.0. The van der Waals surface area contributed by atoms with E-state index >= 15 is 0 Å². The minimum absolute atomic E-state index is 0.0784. The first-order valence-electron chi connectivity index (χ1n) is 10.3. The first-order valence-corrected chi connectivity index (χ1v) is 10.3. The lowest BCUT2D eigenvalue weighted by Gasteiger charge is -2.51. The highest BCUT2D eigenvalue weighted by Gasteiger charge is 2.54. The summed E-state index contributed by atoms with van der Waals surface area (Å²) in [5.41, 5.74) is 1.22. The zero-order valence-corrected chi connectivity index (χ0v) is 16.2. The van der Waals surface area contributed by atoms with Gasteiger partial charge in [0.25, 0.3) is 0 Å². The number of benzene rings is 1. The Hall–Kier alpha value is -2.28. The molecule has 150 valence electrons. The highest BCUT2D eigenvalue weighted by molar-refractivity contribution is 5.84. The Balaban J connectivity index is 1.42. The number of ether oxygens (including phenoxy) is 2. The molecule has 1 N–H and O–H groups in total. The maximum Gasteiger partial charge on any atom is 0.231 e. The van der Waals surface area contributed by atoms with Gasteiger partial charge >= 0.3 is 0 Å². The van der Waals surface area contributed by atoms with Gasteiger partial charge in [-0.25, -0.2) is 0 Å². The number of amides is 2. The Morgan fingerprint density at radius 3 is 2.68 bits per heavy atom. The topological polar surface area (TPSA) is 71.1 Å². The van der Waals surface area contributed by atoms with Gasteiger partial charge in [-0.1, -0.05) is 6.07 Å². The van der Waals surface area contributed by atoms with E-state index < -0.39 is 0 Å². The summed E-state index contributed by atoms with van der Waals surface area (Å²) in [5.74, 6) is 2.46. The van der Waals surface area contributed by atoms with Crippen molar-refractivity contribution in [2.45, 2.75) is 43.7 Å². The fourth-order valence-corrected chi connectivity index (χ4v) is 5.63. The third-order valence-corrected chi connectivity index (χ3v) is 6.98. The highest BCUT2D eigenvalue weighted by atomic mass is 16.7. The number of hydrogen-bond acceptors (Lipinski definition) is 5. The second-order valence-corrected chi connectivity index (χ2v) is 8.29. The molecule has 0 spiro atoms. The third kappa shape index (κ3) is 2.83. The fourth-order valence-electron chi connectivity index (χ4n) is 5.63. The maximum absolute atomic E-state index is 13.0. The van der Waals surface area contributed by atoms with Crippen molar-refractivity contribution in [2.75, 3.05) is 33.5 Å². The number of rotatable bonds is 4. The van der Waals surface area contributed by atoms with Crippen molar-refractivity contribution in [3.8, 4) is 11.5 Å². The Bertz CT molecular complexity index is 790. The molecule has 0 aliphatic carbocycles. The SMILES string of the molecule is CNC(=O)CCC(=O)N1C[C@H](c2ccc3c(c2)OCO3)[C@H]2[C@@H]1C1CCN2CC1. The minimum atomic E-state index is -0.0784. The van der Waals surface area contributed by atoms with Crippen LogP contribution in [0.1, 0.15) is 37.2 Å². The molecule has 4 fully saturated rings. The average molecular weight is 385 g/mol. The summed E-state index contributed by atoms with van der Waals surface area (Å²) in [4.78, 5) is 29.3. The lowest BCUT2D eigenvalue weighted by Crippen LogP contribution is -2.60. The average Bonchev–Trinajstić information content (AvgIpc) is 3.37. The van der Waals surface area contributed by atoms with Crippen LogP contribution in [-0.4, -0.2) is 67.2 Å². The summed E-state index contributed by atoms with van der Waals surface area (Å²) in [6.45, 7) is 3.22. The summed E-state index contributed by atoms with van der Waals surface area (Å²) < 4.78 is 11.0. The number of piperidine rings is 3. The molecule has 3 atom stereocenters. The lowest BCUT2D eigenvalue weighted by molar-refractivity contribution is -0.137. The quantitative estimate of drug-likeness (QED) is 0.847. The van der Waals surface area contributed by atoms with Gasteiger partial charge in [0.1, 0.15) is 0 Å². The molecule has 5 aliphatic heterocycles. The van der Waals surface area contributed by atoms with Crippen molar-refractivity contribution in [1.29, 1.82) is 0 Å². The van der Waals surface area contributed by atoms with Crippen molar-refractivity contribution in [3.63, 3.8) is 0 Å². The number of carbonyl (C=O) groups excluding carboxylic acids is 2. The van der Waals surface area contributed by atoms with Gasteiger partial charge in [0.2, 0.25) is 18.6 Å². The number of nitrogens with one attached hydrogen (secondary N) is 1. The summed E-state index contributed by atoms with van der Waals surface area (Å²) >= 11 is 0. The second kappa shape index (κ2) is 6.95. The van der Waals surface area contributed by atoms with Gasteiger partial charge in [-0.2, -0.15) is 0 Å². The van der Waals surface area contributed by atoms with Crippen LogP contribution < -0.4 is 14.8 Å². The van der Waals surface area contributed by atoms with Crippen molar-refractivity contribution in [3.05, 3.63) is 23.8 Å². The molecule has 0 unspecified atom stereocenters. The molecule has 2 amide bonds. The van der Waals surface area contributed by atoms with Gasteiger partial charge in [-0.3, -0.25) is 14.5 Å². The number of fused-ring (bicyclic) bond motifs is 3. The van der Waals surface area contributed by atoms with Crippen LogP contribution in [0.4, 0.5) is 0 Å². The van der Waals surface area contributed by atoms with Crippen LogP contribution in [0.3, 0.4) is 0 Å². The molecule has 0 radical (unpaired) electrons. The largest absolute Gasteiger partial charge is 0.454 e. The van der Waals surface area contributed by atoms with E-state index in [0.717, 1.165) is 37.4 Å². The Morgan fingerprint density at radius 1 is 1.11 bits per heavy atom. The van der Waals surface area contributed by atoms with Crippen LogP contribution in [0, 0.1) is 5.92 Å². The summed E-state index contributed by atoms with van der Waals surface area (Å²) in [7, 11) is 1.61. The van der Waals surface area contributed by atoms with E-state index in [4.69, 9.17) is 9.47 Å². The Kier molecular flexibility index (Phi) is 4.42. The molecule has 4 saturated heterocycles. The Labute approximate surface area is 165 Å². The van der Waals surface area contributed by atoms with Crippen molar-refractivity contribution < 1.29 is 19.1 Å². The molecule has 6 rings (SSSR count). The second-order valence-electron chi connectivity index (χ2n) is 8.29. The predicted molar refractivity (Wildman–Crippen MR) is 102 cm³/mol. The summed E-state index contributed by atoms with van der Waals surface area (Å²) in [5, 5.41) is 2.61. The fraction of sp³-hybridized carbons (Fsp3) is 0.619. The molecule has 28 heavy (non-hydrogen) atoms. The normalized spacial score (nSPS) is 32.3. The van der Waals surface area contributed by atoms with E-state index in [1.54, 1.807) is 7.05 Å². The summed E-state index contributed by atoms with van der Waals surface area (Å²) in [6, 6.07) is 6.81. The third-order valence-electron chi connectivity index (χ3n) is 6.98. The lowest BCUT2D eigenvalue weighted by atomic mass is 9.75. The molecular weight excluding hydrogens is 358 g/mol. The van der Waals surface area contributed by atoms with Gasteiger partial charge in [0.15, 0.2) is 11.5 Å². The van der Waals surface area contributed by atoms with Crippen molar-refractivity contribution >= 4 is 11.8 Å². The van der Waals surface area contributed by atoms with Crippen molar-refractivity contribution in [2.24, 2.45) is 5.92 Å². The molecule has 0 saturated carbocycles. The van der Waals surface area contributed by atoms with Gasteiger partial charge in [-0.05, 0) is 49.5 Å². The molecule has 1 aromatic rings. The monoisotopic (exact) mass is 385 g/mol. The first kappa shape index (κ1) is 17.8. The summed E-state index contributed by atoms with van der Waals surface area (Å²) in [6.07, 6.45) is 2.86. The smallest absolute Gasteiger partial charge is 0.231 e. The van der Waals surface area contributed by atoms with Crippen LogP contribution in [0.2, 0.25) is 0 Å². The minimum Gasteiger partial charge on any atom is -0.454 e. The van der Waals surface area contributed by atoms with Gasteiger partial charge < -0.3 is 19.7 Å². The first-order chi connectivity index (χ1) is 13.7. The predicted octanol–water partition coefficient (Wildman–Crippen LogP) is 1.33. The molecule has 5 aliphatic rings. The number of nitrogens with zero attached hydrogens (tertiary/aromatic N) is 2. The molecule has 1 aromatic carbocycles. The van der Waals surface area contributed by atoms with Crippen LogP contribution in [-0.2, 0) is 9.59 Å². The zero-order valence-electron chi connectivity index (χ0n) is 16.2. The van der Waals surface area contributed by atoms with E-state index in [1.165, 1.54) is 5.56 Å². The van der Waals surface area contributed by atoms with Gasteiger partial charge in [0.05, 0.1) is 6.04 Å². The van der Waals surface area contributed by atoms with E-state index in [-0.39, 0.29) is 43.4 Å². The van der Waals surface area contributed by atoms with E-state index in [1.807, 2.05) is 6.07 Å². The van der Waals surface area contributed by atoms with Gasteiger partial charge in [-0.15, -0.1) is 0 Å². The standard InChI is InChI=1S/C21H27N3O4/c1-22-18(25)4-5-19(26)24-11-15(14-2-3-16-17(10-14)28-12-27-16)21-20(24)13-6-8-23(21)9-7-13/h2-3,10,13,15,20-21H,4-9,11-12H2,1H3,(H,22,25)/t15-,20+,21+/m1/s1. The van der Waals surface area contributed by atoms with Crippen LogP contribution in [0.25, 0.3) is 0 Å². The number of likely N-dealkylation sites (tertiary alicyclic amines) is 1. The van der Waals surface area contributed by atoms with Crippen LogP contribution in [0.15, 0.2) is 18.2 Å². The van der Waals surface area contributed by atoms with E-state index in [9.17, 15) is 9.59 Å². The molecule has 7 nitrogen and oxygen atoms in total. The van der Waals surface area contributed by atoms with E-state index in [2.05, 4.69) is 27.2 Å². The highest BCUT2D eigenvalue weighted by Crippen LogP contribution is 2.48. The molecule has 2 bridgehead atoms. The number of carbonyl (C=O) groups is 2. The molecule has 5 heterocycles. The van der Waals surface area contributed by atoms with Gasteiger partial charge in [0, 0.05) is 38.4 Å². The van der Waals surface area contributed by atoms with Crippen molar-refractivity contribution in [1.82, 2.24) is 15.1 Å². The Morgan fingerprint density at radius 2 is 1.89 bits per heavy atom. The van der Waals surface area contributed by atoms with Crippen LogP contribution in [0.5, 0.6) is 11.5 Å². The van der Waals surface area contributed by atoms with E-state index in [0.29, 0.717) is 18.5 Å².